The van der Waals surface area contributed by atoms with E-state index in [1.54, 1.807) is 0 Å². The minimum atomic E-state index is 0.204. The van der Waals surface area contributed by atoms with E-state index in [0.29, 0.717) is 24.3 Å². The molecule has 0 heterocycles. The van der Waals surface area contributed by atoms with E-state index in [1.165, 1.54) is 31.2 Å². The third-order valence-electron chi connectivity index (χ3n) is 5.51. The van der Waals surface area contributed by atoms with Gasteiger partial charge in [-0.25, -0.2) is 0 Å². The van der Waals surface area contributed by atoms with Crippen LogP contribution in [-0.2, 0) is 4.79 Å². The molecule has 3 N–H and O–H groups in total. The van der Waals surface area contributed by atoms with Gasteiger partial charge in [0.15, 0.2) is 0 Å². The van der Waals surface area contributed by atoms with Crippen LogP contribution >= 0.6 is 0 Å². The van der Waals surface area contributed by atoms with Crippen LogP contribution in [0.15, 0.2) is 30.3 Å². The van der Waals surface area contributed by atoms with Gasteiger partial charge in [-0.2, -0.15) is 0 Å². The quantitative estimate of drug-likeness (QED) is 0.896. The largest absolute Gasteiger partial charge is 0.353 e. The van der Waals surface area contributed by atoms with Gasteiger partial charge in [0.2, 0.25) is 5.91 Å². The minimum absolute atomic E-state index is 0.204. The summed E-state index contributed by atoms with van der Waals surface area (Å²) >= 11 is 0. The summed E-state index contributed by atoms with van der Waals surface area (Å²) in [6.45, 7) is 0. The second-order valence-electron chi connectivity index (χ2n) is 7.03. The van der Waals surface area contributed by atoms with Gasteiger partial charge < -0.3 is 11.1 Å². The summed E-state index contributed by atoms with van der Waals surface area (Å²) in [5, 5.41) is 3.32. The van der Waals surface area contributed by atoms with Crippen LogP contribution in [0.2, 0.25) is 0 Å². The predicted molar refractivity (Wildman–Crippen MR) is 89.5 cm³/mol. The molecule has 0 spiro atoms. The fourth-order valence-corrected chi connectivity index (χ4v) is 4.23. The van der Waals surface area contributed by atoms with Crippen molar-refractivity contribution in [2.45, 2.75) is 69.4 Å². The van der Waals surface area contributed by atoms with Crippen LogP contribution in [0.4, 0.5) is 0 Å². The Morgan fingerprint density at radius 3 is 2.55 bits per heavy atom. The van der Waals surface area contributed by atoms with Gasteiger partial charge in [-0.15, -0.1) is 0 Å². The van der Waals surface area contributed by atoms with Gasteiger partial charge in [0, 0.05) is 24.4 Å². The number of carbonyl (C=O) groups excluding carboxylic acids is 1. The number of rotatable bonds is 4. The van der Waals surface area contributed by atoms with E-state index >= 15 is 0 Å². The Labute approximate surface area is 133 Å². The highest BCUT2D eigenvalue weighted by molar-refractivity contribution is 5.76. The molecule has 0 radical (unpaired) electrons. The summed E-state index contributed by atoms with van der Waals surface area (Å²) in [5.41, 5.74) is 7.46. The smallest absolute Gasteiger partial charge is 0.220 e. The van der Waals surface area contributed by atoms with Gasteiger partial charge in [-0.3, -0.25) is 4.79 Å². The molecule has 0 aromatic heterocycles. The first-order chi connectivity index (χ1) is 10.7. The maximum Gasteiger partial charge on any atom is 0.220 e. The molecule has 4 atom stereocenters. The lowest BCUT2D eigenvalue weighted by Gasteiger charge is -2.33. The van der Waals surface area contributed by atoms with Crippen molar-refractivity contribution in [3.8, 4) is 0 Å². The fourth-order valence-electron chi connectivity index (χ4n) is 4.23. The molecule has 2 aliphatic rings. The van der Waals surface area contributed by atoms with E-state index < -0.39 is 0 Å². The summed E-state index contributed by atoms with van der Waals surface area (Å²) in [6.07, 6.45) is 8.74. The first-order valence-electron chi connectivity index (χ1n) is 8.84. The second-order valence-corrected chi connectivity index (χ2v) is 7.03. The Balaban J connectivity index is 1.60. The van der Waals surface area contributed by atoms with E-state index in [0.717, 1.165) is 19.3 Å². The maximum absolute atomic E-state index is 12.4. The zero-order chi connectivity index (χ0) is 15.4. The third-order valence-corrected chi connectivity index (χ3v) is 5.51. The van der Waals surface area contributed by atoms with Crippen LogP contribution in [0, 0.1) is 5.92 Å². The maximum atomic E-state index is 12.4. The van der Waals surface area contributed by atoms with E-state index in [1.807, 2.05) is 0 Å². The van der Waals surface area contributed by atoms with Gasteiger partial charge in [0.05, 0.1) is 0 Å². The molecule has 1 amide bonds. The number of amides is 1. The molecule has 1 aromatic carbocycles. The highest BCUT2D eigenvalue weighted by Gasteiger charge is 2.30. The molecule has 3 rings (SSSR count). The number of hydrogen-bond acceptors (Lipinski definition) is 2. The molecule has 2 saturated carbocycles. The SMILES string of the molecule is N[C@@H]1CCC[C@H]1CC(=O)NC1CCCCC1c1ccccc1. The van der Waals surface area contributed by atoms with Crippen LogP contribution in [-0.4, -0.2) is 18.0 Å². The molecular weight excluding hydrogens is 272 g/mol. The topological polar surface area (TPSA) is 55.1 Å². The van der Waals surface area contributed by atoms with Crippen molar-refractivity contribution in [2.24, 2.45) is 11.7 Å². The lowest BCUT2D eigenvalue weighted by atomic mass is 9.80. The van der Waals surface area contributed by atoms with Gasteiger partial charge in [0.25, 0.3) is 0 Å². The Hall–Kier alpha value is -1.35. The summed E-state index contributed by atoms with van der Waals surface area (Å²) in [7, 11) is 0. The van der Waals surface area contributed by atoms with Crippen LogP contribution in [0.1, 0.15) is 62.8 Å². The summed E-state index contributed by atoms with van der Waals surface area (Å²) in [4.78, 5) is 12.4. The van der Waals surface area contributed by atoms with Gasteiger partial charge in [0.1, 0.15) is 0 Å². The Morgan fingerprint density at radius 1 is 1.05 bits per heavy atom. The molecule has 0 aliphatic heterocycles. The normalized spacial score (nSPS) is 31.9. The van der Waals surface area contributed by atoms with Crippen molar-refractivity contribution in [1.29, 1.82) is 0 Å². The summed E-state index contributed by atoms with van der Waals surface area (Å²) in [5.74, 6) is 1.06. The number of benzene rings is 1. The van der Waals surface area contributed by atoms with Crippen molar-refractivity contribution in [3.63, 3.8) is 0 Å². The van der Waals surface area contributed by atoms with Gasteiger partial charge >= 0.3 is 0 Å². The lowest BCUT2D eigenvalue weighted by Crippen LogP contribution is -2.42. The monoisotopic (exact) mass is 300 g/mol. The highest BCUT2D eigenvalue weighted by atomic mass is 16.1. The average molecular weight is 300 g/mol. The van der Waals surface area contributed by atoms with Crippen LogP contribution in [0.5, 0.6) is 0 Å². The summed E-state index contributed by atoms with van der Waals surface area (Å²) < 4.78 is 0. The summed E-state index contributed by atoms with van der Waals surface area (Å²) in [6, 6.07) is 11.2. The highest BCUT2D eigenvalue weighted by Crippen LogP contribution is 2.33. The van der Waals surface area contributed by atoms with Crippen molar-refractivity contribution in [3.05, 3.63) is 35.9 Å². The Morgan fingerprint density at radius 2 is 1.82 bits per heavy atom. The molecule has 1 aromatic rings. The Bertz CT molecular complexity index is 487. The Kier molecular flexibility index (Phi) is 5.14. The molecule has 0 saturated heterocycles. The van der Waals surface area contributed by atoms with Crippen molar-refractivity contribution < 1.29 is 4.79 Å². The zero-order valence-electron chi connectivity index (χ0n) is 13.3. The van der Waals surface area contributed by atoms with Crippen LogP contribution in [0.3, 0.4) is 0 Å². The van der Waals surface area contributed by atoms with Crippen molar-refractivity contribution >= 4 is 5.91 Å². The van der Waals surface area contributed by atoms with Gasteiger partial charge in [-0.05, 0) is 37.2 Å². The van der Waals surface area contributed by atoms with E-state index in [4.69, 9.17) is 5.73 Å². The number of carbonyl (C=O) groups is 1. The standard InChI is InChI=1S/C19H28N2O/c20-17-11-6-9-15(17)13-19(22)21-18-12-5-4-10-16(18)14-7-2-1-3-8-14/h1-3,7-8,15-18H,4-6,9-13,20H2,(H,21,22)/t15-,16?,17+,18?/m0/s1. The molecule has 2 aliphatic carbocycles. The minimum Gasteiger partial charge on any atom is -0.353 e. The molecule has 22 heavy (non-hydrogen) atoms. The third kappa shape index (κ3) is 3.70. The molecule has 120 valence electrons. The van der Waals surface area contributed by atoms with E-state index in [-0.39, 0.29) is 11.9 Å². The molecule has 3 heteroatoms. The molecular formula is C19H28N2O. The number of hydrogen-bond donors (Lipinski definition) is 2. The number of nitrogens with two attached hydrogens (primary N) is 1. The average Bonchev–Trinajstić information content (AvgIpc) is 2.94. The number of nitrogens with one attached hydrogen (secondary N) is 1. The molecule has 3 nitrogen and oxygen atoms in total. The first kappa shape index (κ1) is 15.5. The van der Waals surface area contributed by atoms with E-state index in [2.05, 4.69) is 35.6 Å². The van der Waals surface area contributed by atoms with Crippen LogP contribution in [0.25, 0.3) is 0 Å². The van der Waals surface area contributed by atoms with Crippen molar-refractivity contribution in [2.75, 3.05) is 0 Å². The predicted octanol–water partition coefficient (Wildman–Crippen LogP) is 3.35. The van der Waals surface area contributed by atoms with E-state index in [9.17, 15) is 4.79 Å². The zero-order valence-corrected chi connectivity index (χ0v) is 13.3. The fraction of sp³-hybridized carbons (Fsp3) is 0.632. The first-order valence-corrected chi connectivity index (χ1v) is 8.84. The molecule has 2 fully saturated rings. The lowest BCUT2D eigenvalue weighted by molar-refractivity contribution is -0.123. The van der Waals surface area contributed by atoms with Gasteiger partial charge in [-0.1, -0.05) is 49.6 Å². The van der Waals surface area contributed by atoms with Crippen molar-refractivity contribution in [1.82, 2.24) is 5.32 Å². The molecule has 2 unspecified atom stereocenters. The molecule has 0 bridgehead atoms. The second kappa shape index (κ2) is 7.28. The van der Waals surface area contributed by atoms with Crippen LogP contribution < -0.4 is 11.1 Å².